The minimum atomic E-state index is -0.386. The molecular weight excluding hydrogens is 178 g/mol. The van der Waals surface area contributed by atoms with Gasteiger partial charge in [-0.25, -0.2) is 4.79 Å². The van der Waals surface area contributed by atoms with Gasteiger partial charge in [0.1, 0.15) is 5.60 Å². The summed E-state index contributed by atoms with van der Waals surface area (Å²) < 4.78 is 5.33. The lowest BCUT2D eigenvalue weighted by Crippen LogP contribution is -2.40. The molecule has 78 valence electrons. The summed E-state index contributed by atoms with van der Waals surface area (Å²) in [6.45, 7) is 6.52. The number of rotatable bonds is 0. The van der Waals surface area contributed by atoms with Crippen molar-refractivity contribution in [3.8, 4) is 0 Å². The highest BCUT2D eigenvalue weighted by Crippen LogP contribution is 2.32. The van der Waals surface area contributed by atoms with Crippen LogP contribution in [0, 0.1) is 5.92 Å². The van der Waals surface area contributed by atoms with Gasteiger partial charge < -0.3 is 9.64 Å². The predicted octanol–water partition coefficient (Wildman–Crippen LogP) is 2.18. The van der Waals surface area contributed by atoms with Crippen LogP contribution in [-0.4, -0.2) is 29.2 Å². The number of likely N-dealkylation sites (tertiary alicyclic amines) is 1. The summed E-state index contributed by atoms with van der Waals surface area (Å²) in [4.78, 5) is 13.5. The van der Waals surface area contributed by atoms with Gasteiger partial charge in [0.25, 0.3) is 0 Å². The number of ether oxygens (including phenoxy) is 1. The second-order valence-electron chi connectivity index (χ2n) is 5.08. The summed E-state index contributed by atoms with van der Waals surface area (Å²) in [5.41, 5.74) is -0.386. The zero-order valence-electron chi connectivity index (χ0n) is 8.99. The zero-order chi connectivity index (χ0) is 10.3. The first-order valence-electron chi connectivity index (χ1n) is 5.14. The van der Waals surface area contributed by atoms with Crippen molar-refractivity contribution in [2.75, 3.05) is 6.54 Å². The quantitative estimate of drug-likeness (QED) is 0.554. The van der Waals surface area contributed by atoms with Crippen LogP contribution in [0.3, 0.4) is 0 Å². The molecule has 1 aliphatic heterocycles. The standard InChI is InChI=1S/C11H17NO2/c1-11(2,3)14-10(13)12-7-8-4-5-9(12)6-8/h4-5,8-9H,6-7H2,1-3H3/t8-,9+/m0/s1. The Bertz CT molecular complexity index is 278. The summed E-state index contributed by atoms with van der Waals surface area (Å²) in [6.07, 6.45) is 5.22. The number of fused-ring (bicyclic) bond motifs is 2. The molecule has 0 aromatic heterocycles. The Balaban J connectivity index is 1.97. The van der Waals surface area contributed by atoms with Gasteiger partial charge in [-0.15, -0.1) is 0 Å². The van der Waals surface area contributed by atoms with Gasteiger partial charge in [0.2, 0.25) is 0 Å². The average molecular weight is 195 g/mol. The lowest BCUT2D eigenvalue weighted by atomic mass is 10.2. The van der Waals surface area contributed by atoms with Crippen molar-refractivity contribution in [1.82, 2.24) is 4.90 Å². The fourth-order valence-corrected chi connectivity index (χ4v) is 2.04. The maximum absolute atomic E-state index is 11.7. The fourth-order valence-electron chi connectivity index (χ4n) is 2.04. The van der Waals surface area contributed by atoms with E-state index in [9.17, 15) is 4.79 Å². The van der Waals surface area contributed by atoms with Crippen LogP contribution in [0.1, 0.15) is 27.2 Å². The molecule has 0 unspecified atom stereocenters. The van der Waals surface area contributed by atoms with Crippen molar-refractivity contribution in [3.05, 3.63) is 12.2 Å². The second-order valence-corrected chi connectivity index (χ2v) is 5.08. The molecule has 0 saturated carbocycles. The maximum atomic E-state index is 11.7. The van der Waals surface area contributed by atoms with Gasteiger partial charge in [0.15, 0.2) is 0 Å². The third-order valence-corrected chi connectivity index (χ3v) is 2.61. The maximum Gasteiger partial charge on any atom is 0.410 e. The molecule has 0 radical (unpaired) electrons. The molecule has 3 heteroatoms. The Hall–Kier alpha value is -0.990. The minimum absolute atomic E-state index is 0.172. The summed E-state index contributed by atoms with van der Waals surface area (Å²) >= 11 is 0. The summed E-state index contributed by atoms with van der Waals surface area (Å²) in [5, 5.41) is 0. The van der Waals surface area contributed by atoms with Gasteiger partial charge in [-0.1, -0.05) is 12.2 Å². The van der Waals surface area contributed by atoms with E-state index in [1.165, 1.54) is 0 Å². The number of hydrogen-bond acceptors (Lipinski definition) is 2. The van der Waals surface area contributed by atoms with Crippen LogP contribution in [0.2, 0.25) is 0 Å². The molecule has 2 aliphatic rings. The van der Waals surface area contributed by atoms with Gasteiger partial charge in [0, 0.05) is 6.54 Å². The van der Waals surface area contributed by atoms with E-state index in [-0.39, 0.29) is 17.7 Å². The predicted molar refractivity (Wildman–Crippen MR) is 54.0 cm³/mol. The molecule has 3 nitrogen and oxygen atoms in total. The van der Waals surface area contributed by atoms with Gasteiger partial charge in [-0.2, -0.15) is 0 Å². The van der Waals surface area contributed by atoms with E-state index in [0.717, 1.165) is 13.0 Å². The van der Waals surface area contributed by atoms with E-state index >= 15 is 0 Å². The van der Waals surface area contributed by atoms with Crippen LogP contribution in [0.4, 0.5) is 4.79 Å². The van der Waals surface area contributed by atoms with Gasteiger partial charge in [-0.3, -0.25) is 0 Å². The molecule has 14 heavy (non-hydrogen) atoms. The van der Waals surface area contributed by atoms with Crippen molar-refractivity contribution in [3.63, 3.8) is 0 Å². The highest BCUT2D eigenvalue weighted by Gasteiger charge is 2.38. The molecule has 1 fully saturated rings. The Morgan fingerprint density at radius 3 is 2.57 bits per heavy atom. The SMILES string of the molecule is CC(C)(C)OC(=O)N1C[C@H]2C=C[C@@H]1C2. The van der Waals surface area contributed by atoms with Gasteiger partial charge in [-0.05, 0) is 33.1 Å². The third kappa shape index (κ3) is 1.76. The Labute approximate surface area is 84.7 Å². The largest absolute Gasteiger partial charge is 0.444 e. The van der Waals surface area contributed by atoms with E-state index in [0.29, 0.717) is 5.92 Å². The van der Waals surface area contributed by atoms with Crippen molar-refractivity contribution in [2.24, 2.45) is 5.92 Å². The smallest absolute Gasteiger partial charge is 0.410 e. The van der Waals surface area contributed by atoms with Gasteiger partial charge in [0.05, 0.1) is 6.04 Å². The summed E-state index contributed by atoms with van der Waals surface area (Å²) in [5.74, 6) is 0.563. The van der Waals surface area contributed by atoms with E-state index < -0.39 is 0 Å². The number of hydrogen-bond donors (Lipinski definition) is 0. The van der Waals surface area contributed by atoms with Crippen molar-refractivity contribution in [2.45, 2.75) is 38.8 Å². The number of amides is 1. The molecular formula is C11H17NO2. The third-order valence-electron chi connectivity index (χ3n) is 2.61. The Morgan fingerprint density at radius 1 is 1.43 bits per heavy atom. The number of carbonyl (C=O) groups excluding carboxylic acids is 1. The minimum Gasteiger partial charge on any atom is -0.444 e. The number of carbonyl (C=O) groups is 1. The van der Waals surface area contributed by atoms with E-state index in [1.807, 2.05) is 25.7 Å². The second kappa shape index (κ2) is 3.01. The van der Waals surface area contributed by atoms with Crippen LogP contribution < -0.4 is 0 Å². The molecule has 1 heterocycles. The molecule has 2 atom stereocenters. The van der Waals surface area contributed by atoms with Crippen LogP contribution in [-0.2, 0) is 4.74 Å². The fraction of sp³-hybridized carbons (Fsp3) is 0.727. The summed E-state index contributed by atoms with van der Waals surface area (Å²) in [6, 6.07) is 0.287. The molecule has 0 N–H and O–H groups in total. The lowest BCUT2D eigenvalue weighted by molar-refractivity contribution is 0.0247. The van der Waals surface area contributed by atoms with Crippen LogP contribution in [0.5, 0.6) is 0 Å². The topological polar surface area (TPSA) is 29.5 Å². The first-order valence-corrected chi connectivity index (χ1v) is 5.14. The Morgan fingerprint density at radius 2 is 2.14 bits per heavy atom. The normalized spacial score (nSPS) is 29.8. The average Bonchev–Trinajstić information content (AvgIpc) is 2.59. The zero-order valence-corrected chi connectivity index (χ0v) is 8.99. The molecule has 0 spiro atoms. The first-order chi connectivity index (χ1) is 6.46. The van der Waals surface area contributed by atoms with Crippen LogP contribution >= 0.6 is 0 Å². The molecule has 1 amide bonds. The first kappa shape index (κ1) is 9.56. The van der Waals surface area contributed by atoms with Crippen LogP contribution in [0.25, 0.3) is 0 Å². The van der Waals surface area contributed by atoms with Crippen LogP contribution in [0.15, 0.2) is 12.2 Å². The monoisotopic (exact) mass is 195 g/mol. The van der Waals surface area contributed by atoms with Crippen molar-refractivity contribution in [1.29, 1.82) is 0 Å². The molecule has 1 saturated heterocycles. The van der Waals surface area contributed by atoms with Crippen molar-refractivity contribution >= 4 is 6.09 Å². The Kier molecular flexibility index (Phi) is 2.05. The highest BCUT2D eigenvalue weighted by atomic mass is 16.6. The van der Waals surface area contributed by atoms with E-state index in [2.05, 4.69) is 12.2 Å². The van der Waals surface area contributed by atoms with Gasteiger partial charge >= 0.3 is 6.09 Å². The lowest BCUT2D eigenvalue weighted by Gasteiger charge is -2.28. The molecule has 0 aromatic carbocycles. The molecule has 2 bridgehead atoms. The molecule has 0 aromatic rings. The van der Waals surface area contributed by atoms with E-state index in [1.54, 1.807) is 0 Å². The molecule has 1 aliphatic carbocycles. The van der Waals surface area contributed by atoms with Crippen molar-refractivity contribution < 1.29 is 9.53 Å². The number of nitrogens with zero attached hydrogens (tertiary/aromatic N) is 1. The summed E-state index contributed by atoms with van der Waals surface area (Å²) in [7, 11) is 0. The van der Waals surface area contributed by atoms with E-state index in [4.69, 9.17) is 4.74 Å². The molecule has 2 rings (SSSR count). The highest BCUT2D eigenvalue weighted by molar-refractivity contribution is 5.69.